The zero-order valence-corrected chi connectivity index (χ0v) is 14.5. The molecule has 0 bridgehead atoms. The second-order valence-corrected chi connectivity index (χ2v) is 6.97. The summed E-state index contributed by atoms with van der Waals surface area (Å²) in [5.41, 5.74) is 1.81. The molecule has 2 rings (SSSR count). The SMILES string of the molecule is Cc1nn(C)c(Cl)c1CC(O)CSc1ccc(Br)cc1. The number of halogens is 2. The van der Waals surface area contributed by atoms with Gasteiger partial charge in [-0.2, -0.15) is 5.10 Å². The second-order valence-electron chi connectivity index (χ2n) is 4.60. The van der Waals surface area contributed by atoms with Gasteiger partial charge in [-0.25, -0.2) is 0 Å². The van der Waals surface area contributed by atoms with Crippen LogP contribution in [0.25, 0.3) is 0 Å². The van der Waals surface area contributed by atoms with Crippen molar-refractivity contribution >= 4 is 39.3 Å². The Balaban J connectivity index is 1.92. The van der Waals surface area contributed by atoms with E-state index in [0.29, 0.717) is 17.3 Å². The Kier molecular flexibility index (Phi) is 5.55. The van der Waals surface area contributed by atoms with Gasteiger partial charge >= 0.3 is 0 Å². The molecule has 20 heavy (non-hydrogen) atoms. The summed E-state index contributed by atoms with van der Waals surface area (Å²) >= 11 is 11.2. The number of aromatic nitrogens is 2. The Morgan fingerprint density at radius 2 is 2.05 bits per heavy atom. The minimum Gasteiger partial charge on any atom is -0.392 e. The number of nitrogens with zero attached hydrogens (tertiary/aromatic N) is 2. The molecule has 0 aliphatic carbocycles. The smallest absolute Gasteiger partial charge is 0.130 e. The van der Waals surface area contributed by atoms with E-state index in [9.17, 15) is 5.11 Å². The summed E-state index contributed by atoms with van der Waals surface area (Å²) in [4.78, 5) is 1.14. The van der Waals surface area contributed by atoms with E-state index in [-0.39, 0.29) is 0 Å². The third kappa shape index (κ3) is 4.01. The van der Waals surface area contributed by atoms with E-state index in [2.05, 4.69) is 21.0 Å². The van der Waals surface area contributed by atoms with Crippen molar-refractivity contribution in [1.29, 1.82) is 0 Å². The van der Waals surface area contributed by atoms with Crippen LogP contribution in [-0.2, 0) is 13.5 Å². The van der Waals surface area contributed by atoms with E-state index in [4.69, 9.17) is 11.6 Å². The fraction of sp³-hybridized carbons (Fsp3) is 0.357. The minimum atomic E-state index is -0.441. The monoisotopic (exact) mass is 374 g/mol. The van der Waals surface area contributed by atoms with Gasteiger partial charge in [0, 0.05) is 34.2 Å². The number of aliphatic hydroxyl groups is 1. The molecule has 1 unspecified atom stereocenters. The lowest BCUT2D eigenvalue weighted by atomic mass is 10.1. The van der Waals surface area contributed by atoms with Crippen LogP contribution in [0, 0.1) is 6.92 Å². The molecule has 1 atom stereocenters. The lowest BCUT2D eigenvalue weighted by Gasteiger charge is -2.10. The molecule has 2 aromatic rings. The molecule has 0 radical (unpaired) electrons. The molecule has 1 aromatic heterocycles. The van der Waals surface area contributed by atoms with Crippen LogP contribution < -0.4 is 0 Å². The first-order valence-electron chi connectivity index (χ1n) is 6.21. The predicted octanol–water partition coefficient (Wildman–Crippen LogP) is 3.84. The molecule has 0 fully saturated rings. The average Bonchev–Trinajstić information content (AvgIpc) is 2.65. The summed E-state index contributed by atoms with van der Waals surface area (Å²) in [6, 6.07) is 8.06. The van der Waals surface area contributed by atoms with Gasteiger partial charge in [0.1, 0.15) is 5.15 Å². The van der Waals surface area contributed by atoms with E-state index < -0.39 is 6.10 Å². The molecular formula is C14H16BrClN2OS. The van der Waals surface area contributed by atoms with Crippen LogP contribution >= 0.6 is 39.3 Å². The molecule has 108 valence electrons. The molecule has 0 aliphatic rings. The van der Waals surface area contributed by atoms with Gasteiger partial charge in [0.2, 0.25) is 0 Å². The van der Waals surface area contributed by atoms with Crippen molar-refractivity contribution in [3.8, 4) is 0 Å². The van der Waals surface area contributed by atoms with Gasteiger partial charge in [-0.05, 0) is 31.2 Å². The topological polar surface area (TPSA) is 38.0 Å². The highest BCUT2D eigenvalue weighted by Crippen LogP contribution is 2.24. The molecule has 0 spiro atoms. The molecule has 0 aliphatic heterocycles. The van der Waals surface area contributed by atoms with Gasteiger partial charge in [-0.1, -0.05) is 27.5 Å². The lowest BCUT2D eigenvalue weighted by Crippen LogP contribution is -2.14. The zero-order valence-electron chi connectivity index (χ0n) is 11.3. The predicted molar refractivity (Wildman–Crippen MR) is 87.5 cm³/mol. The van der Waals surface area contributed by atoms with Crippen LogP contribution in [0.15, 0.2) is 33.6 Å². The Morgan fingerprint density at radius 1 is 1.40 bits per heavy atom. The Hall–Kier alpha value is -0.490. The summed E-state index contributed by atoms with van der Waals surface area (Å²) in [6.45, 7) is 1.91. The first kappa shape index (κ1) is 15.9. The van der Waals surface area contributed by atoms with Crippen molar-refractivity contribution in [3.05, 3.63) is 45.1 Å². The fourth-order valence-corrected chi connectivity index (χ4v) is 3.27. The summed E-state index contributed by atoms with van der Waals surface area (Å²) in [7, 11) is 1.81. The van der Waals surface area contributed by atoms with Gasteiger partial charge in [0.15, 0.2) is 0 Å². The molecule has 0 saturated heterocycles. The van der Waals surface area contributed by atoms with Crippen LogP contribution in [-0.4, -0.2) is 26.7 Å². The van der Waals surface area contributed by atoms with Crippen molar-refractivity contribution in [2.45, 2.75) is 24.3 Å². The maximum absolute atomic E-state index is 10.2. The highest BCUT2D eigenvalue weighted by Gasteiger charge is 2.15. The van der Waals surface area contributed by atoms with Crippen molar-refractivity contribution < 1.29 is 5.11 Å². The van der Waals surface area contributed by atoms with Gasteiger partial charge in [0.25, 0.3) is 0 Å². The van der Waals surface area contributed by atoms with Crippen LogP contribution in [0.1, 0.15) is 11.3 Å². The number of hydrogen-bond acceptors (Lipinski definition) is 3. The molecule has 0 amide bonds. The number of aryl methyl sites for hydroxylation is 2. The lowest BCUT2D eigenvalue weighted by molar-refractivity contribution is 0.200. The Labute approximate surface area is 136 Å². The maximum Gasteiger partial charge on any atom is 0.130 e. The van der Waals surface area contributed by atoms with Crippen molar-refractivity contribution in [2.24, 2.45) is 7.05 Å². The normalized spacial score (nSPS) is 12.7. The van der Waals surface area contributed by atoms with E-state index in [1.807, 2.05) is 38.2 Å². The second kappa shape index (κ2) is 6.98. The Morgan fingerprint density at radius 3 is 2.60 bits per heavy atom. The number of rotatable bonds is 5. The van der Waals surface area contributed by atoms with E-state index in [1.54, 1.807) is 16.4 Å². The average molecular weight is 376 g/mol. The number of thioether (sulfide) groups is 1. The highest BCUT2D eigenvalue weighted by atomic mass is 79.9. The van der Waals surface area contributed by atoms with Gasteiger partial charge < -0.3 is 5.11 Å². The van der Waals surface area contributed by atoms with Crippen LogP contribution in [0.2, 0.25) is 5.15 Å². The molecular weight excluding hydrogens is 360 g/mol. The van der Waals surface area contributed by atoms with Crippen LogP contribution in [0.4, 0.5) is 0 Å². The molecule has 1 N–H and O–H groups in total. The van der Waals surface area contributed by atoms with Crippen LogP contribution in [0.5, 0.6) is 0 Å². The number of hydrogen-bond donors (Lipinski definition) is 1. The summed E-state index contributed by atoms with van der Waals surface area (Å²) in [5, 5.41) is 15.0. The molecule has 1 aromatic carbocycles. The number of benzene rings is 1. The van der Waals surface area contributed by atoms with Crippen molar-refractivity contribution in [2.75, 3.05) is 5.75 Å². The van der Waals surface area contributed by atoms with Gasteiger partial charge in [-0.15, -0.1) is 11.8 Å². The van der Waals surface area contributed by atoms with Gasteiger partial charge in [0.05, 0.1) is 11.8 Å². The third-order valence-corrected chi connectivity index (χ3v) is 5.12. The standard InChI is InChI=1S/C14H16BrClN2OS/c1-9-13(14(16)18(2)17-9)7-11(19)8-20-12-5-3-10(15)4-6-12/h3-6,11,19H,7-8H2,1-2H3. The fourth-order valence-electron chi connectivity index (χ4n) is 1.92. The first-order chi connectivity index (χ1) is 9.47. The quantitative estimate of drug-likeness (QED) is 0.807. The minimum absolute atomic E-state index is 0.441. The molecule has 0 saturated carbocycles. The van der Waals surface area contributed by atoms with E-state index in [0.717, 1.165) is 20.6 Å². The largest absolute Gasteiger partial charge is 0.392 e. The van der Waals surface area contributed by atoms with E-state index in [1.165, 1.54) is 0 Å². The molecule has 3 nitrogen and oxygen atoms in total. The highest BCUT2D eigenvalue weighted by molar-refractivity contribution is 9.10. The summed E-state index contributed by atoms with van der Waals surface area (Å²) in [5.74, 6) is 0.631. The first-order valence-corrected chi connectivity index (χ1v) is 8.37. The summed E-state index contributed by atoms with van der Waals surface area (Å²) in [6.07, 6.45) is 0.0891. The number of aliphatic hydroxyl groups excluding tert-OH is 1. The molecule has 6 heteroatoms. The van der Waals surface area contributed by atoms with Gasteiger partial charge in [-0.3, -0.25) is 4.68 Å². The zero-order chi connectivity index (χ0) is 14.7. The van der Waals surface area contributed by atoms with E-state index >= 15 is 0 Å². The molecule has 1 heterocycles. The van der Waals surface area contributed by atoms with Crippen molar-refractivity contribution in [1.82, 2.24) is 9.78 Å². The summed E-state index contributed by atoms with van der Waals surface area (Å²) < 4.78 is 2.70. The third-order valence-electron chi connectivity index (χ3n) is 2.97. The van der Waals surface area contributed by atoms with Crippen LogP contribution in [0.3, 0.4) is 0 Å². The maximum atomic E-state index is 10.2. The Bertz CT molecular complexity index is 586. The van der Waals surface area contributed by atoms with Crippen molar-refractivity contribution in [3.63, 3.8) is 0 Å².